The van der Waals surface area contributed by atoms with Crippen molar-refractivity contribution in [2.75, 3.05) is 26.8 Å². The Morgan fingerprint density at radius 1 is 1.29 bits per heavy atom. The number of carbonyl (C=O) groups excluding carboxylic acids is 1. The van der Waals surface area contributed by atoms with Crippen molar-refractivity contribution in [3.8, 4) is 0 Å². The zero-order valence-corrected chi connectivity index (χ0v) is 14.3. The number of benzene rings is 1. The fraction of sp³-hybridized carbons (Fsp3) is 0.588. The van der Waals surface area contributed by atoms with Gasteiger partial charge >= 0.3 is 6.18 Å². The molecule has 1 amide bonds. The summed E-state index contributed by atoms with van der Waals surface area (Å²) in [5.74, 6) is -0.110. The van der Waals surface area contributed by atoms with E-state index in [1.165, 1.54) is 12.1 Å². The minimum absolute atomic E-state index is 0.110. The third-order valence-corrected chi connectivity index (χ3v) is 3.72. The number of hydrogen-bond acceptors (Lipinski definition) is 3. The third-order valence-electron chi connectivity index (χ3n) is 3.72. The zero-order chi connectivity index (χ0) is 18.2. The van der Waals surface area contributed by atoms with E-state index in [0.717, 1.165) is 24.1 Å². The minimum atomic E-state index is -4.33. The van der Waals surface area contributed by atoms with Gasteiger partial charge in [-0.05, 0) is 45.0 Å². The average Bonchev–Trinajstić information content (AvgIpc) is 2.53. The monoisotopic (exact) mass is 346 g/mol. The molecule has 1 aromatic carbocycles. The number of likely N-dealkylation sites (N-methyl/N-ethyl adjacent to an activating group) is 1. The molecule has 0 fully saturated rings. The molecule has 4 nitrogen and oxygen atoms in total. The second-order valence-electron chi connectivity index (χ2n) is 5.63. The van der Waals surface area contributed by atoms with Gasteiger partial charge in [-0.3, -0.25) is 9.69 Å². The van der Waals surface area contributed by atoms with Crippen molar-refractivity contribution in [1.29, 1.82) is 0 Å². The Morgan fingerprint density at radius 3 is 2.46 bits per heavy atom. The molecule has 7 heteroatoms. The van der Waals surface area contributed by atoms with Gasteiger partial charge in [0.2, 0.25) is 5.91 Å². The predicted octanol–water partition coefficient (Wildman–Crippen LogP) is 3.07. The van der Waals surface area contributed by atoms with E-state index in [0.29, 0.717) is 26.3 Å². The summed E-state index contributed by atoms with van der Waals surface area (Å²) in [5, 5.41) is 2.83. The first kappa shape index (κ1) is 20.4. The SMILES string of the molecule is CCOCCCNC(=O)C(C)N(C)Cc1ccc(C(F)(F)F)cc1. The molecule has 1 rings (SSSR count). The lowest BCUT2D eigenvalue weighted by molar-refractivity contribution is -0.137. The first-order valence-corrected chi connectivity index (χ1v) is 7.97. The fourth-order valence-electron chi connectivity index (χ4n) is 2.10. The van der Waals surface area contributed by atoms with Gasteiger partial charge in [-0.15, -0.1) is 0 Å². The predicted molar refractivity (Wildman–Crippen MR) is 86.5 cm³/mol. The lowest BCUT2D eigenvalue weighted by atomic mass is 10.1. The van der Waals surface area contributed by atoms with E-state index in [9.17, 15) is 18.0 Å². The summed E-state index contributed by atoms with van der Waals surface area (Å²) in [4.78, 5) is 13.8. The number of carbonyl (C=O) groups is 1. The molecule has 136 valence electrons. The summed E-state index contributed by atoms with van der Waals surface area (Å²) in [6.45, 7) is 5.87. The Morgan fingerprint density at radius 2 is 1.92 bits per heavy atom. The van der Waals surface area contributed by atoms with E-state index in [4.69, 9.17) is 4.74 Å². The number of nitrogens with zero attached hydrogens (tertiary/aromatic N) is 1. The van der Waals surface area contributed by atoms with Crippen molar-refractivity contribution in [2.45, 2.75) is 39.0 Å². The lowest BCUT2D eigenvalue weighted by Gasteiger charge is -2.24. The van der Waals surface area contributed by atoms with Crippen LogP contribution in [-0.2, 0) is 22.3 Å². The topological polar surface area (TPSA) is 41.6 Å². The van der Waals surface area contributed by atoms with E-state index in [1.807, 2.05) is 6.92 Å². The molecule has 0 aliphatic heterocycles. The first-order valence-electron chi connectivity index (χ1n) is 7.97. The van der Waals surface area contributed by atoms with Crippen LogP contribution in [0.1, 0.15) is 31.4 Å². The van der Waals surface area contributed by atoms with E-state index in [1.54, 1.807) is 18.9 Å². The standard InChI is InChI=1S/C17H25F3N2O2/c1-4-24-11-5-10-21-16(23)13(2)22(3)12-14-6-8-15(9-7-14)17(18,19)20/h6-9,13H,4-5,10-12H2,1-3H3,(H,21,23). The van der Waals surface area contributed by atoms with Crippen LogP contribution in [0.2, 0.25) is 0 Å². The van der Waals surface area contributed by atoms with Crippen LogP contribution in [0, 0.1) is 0 Å². The van der Waals surface area contributed by atoms with Gasteiger partial charge in [0, 0.05) is 26.3 Å². The highest BCUT2D eigenvalue weighted by atomic mass is 19.4. The number of ether oxygens (including phenoxy) is 1. The second kappa shape index (κ2) is 9.64. The summed E-state index contributed by atoms with van der Waals surface area (Å²) in [5.41, 5.74) is 0.0514. The van der Waals surface area contributed by atoms with Crippen LogP contribution in [0.5, 0.6) is 0 Å². The van der Waals surface area contributed by atoms with E-state index in [2.05, 4.69) is 5.32 Å². The molecular formula is C17H25F3N2O2. The van der Waals surface area contributed by atoms with Gasteiger partial charge in [0.05, 0.1) is 11.6 Å². The van der Waals surface area contributed by atoms with Gasteiger partial charge in [0.1, 0.15) is 0 Å². The molecule has 1 aromatic rings. The Hall–Kier alpha value is -1.60. The van der Waals surface area contributed by atoms with Crippen LogP contribution < -0.4 is 5.32 Å². The number of amides is 1. The maximum atomic E-state index is 12.5. The number of rotatable bonds is 9. The molecular weight excluding hydrogens is 321 g/mol. The van der Waals surface area contributed by atoms with Crippen LogP contribution in [0.25, 0.3) is 0 Å². The minimum Gasteiger partial charge on any atom is -0.382 e. The van der Waals surface area contributed by atoms with Gasteiger partial charge in [-0.1, -0.05) is 12.1 Å². The Kier molecular flexibility index (Phi) is 8.21. The van der Waals surface area contributed by atoms with Crippen LogP contribution in [-0.4, -0.2) is 43.7 Å². The molecule has 0 aromatic heterocycles. The Balaban J connectivity index is 2.45. The molecule has 0 radical (unpaired) electrons. The van der Waals surface area contributed by atoms with Crippen molar-refractivity contribution >= 4 is 5.91 Å². The Bertz CT molecular complexity index is 504. The van der Waals surface area contributed by atoms with Crippen LogP contribution >= 0.6 is 0 Å². The highest BCUT2D eigenvalue weighted by molar-refractivity contribution is 5.81. The molecule has 0 aliphatic rings. The largest absolute Gasteiger partial charge is 0.416 e. The summed E-state index contributed by atoms with van der Waals surface area (Å²) >= 11 is 0. The molecule has 0 saturated heterocycles. The number of alkyl halides is 3. The van der Waals surface area contributed by atoms with Gasteiger partial charge in [-0.2, -0.15) is 13.2 Å². The summed E-state index contributed by atoms with van der Waals surface area (Å²) in [6, 6.07) is 4.61. The third kappa shape index (κ3) is 6.88. The van der Waals surface area contributed by atoms with Crippen molar-refractivity contribution in [1.82, 2.24) is 10.2 Å². The first-order chi connectivity index (χ1) is 11.3. The summed E-state index contributed by atoms with van der Waals surface area (Å²) < 4.78 is 42.8. The van der Waals surface area contributed by atoms with Crippen LogP contribution in [0.15, 0.2) is 24.3 Å². The number of halogens is 3. The van der Waals surface area contributed by atoms with E-state index in [-0.39, 0.29) is 11.9 Å². The maximum Gasteiger partial charge on any atom is 0.416 e. The maximum absolute atomic E-state index is 12.5. The fourth-order valence-corrected chi connectivity index (χ4v) is 2.10. The smallest absolute Gasteiger partial charge is 0.382 e. The van der Waals surface area contributed by atoms with E-state index < -0.39 is 11.7 Å². The molecule has 0 aliphatic carbocycles. The number of hydrogen-bond donors (Lipinski definition) is 1. The molecule has 0 spiro atoms. The van der Waals surface area contributed by atoms with Crippen LogP contribution in [0.4, 0.5) is 13.2 Å². The second-order valence-corrected chi connectivity index (χ2v) is 5.63. The molecule has 1 unspecified atom stereocenters. The van der Waals surface area contributed by atoms with Gasteiger partial charge in [0.15, 0.2) is 0 Å². The Labute approximate surface area is 141 Å². The highest BCUT2D eigenvalue weighted by Crippen LogP contribution is 2.29. The van der Waals surface area contributed by atoms with Gasteiger partial charge in [0.25, 0.3) is 0 Å². The van der Waals surface area contributed by atoms with Crippen molar-refractivity contribution in [3.63, 3.8) is 0 Å². The van der Waals surface area contributed by atoms with Crippen LogP contribution in [0.3, 0.4) is 0 Å². The quantitative estimate of drug-likeness (QED) is 0.699. The molecule has 0 heterocycles. The summed E-state index contributed by atoms with van der Waals surface area (Å²) in [6.07, 6.45) is -3.59. The highest BCUT2D eigenvalue weighted by Gasteiger charge is 2.30. The molecule has 24 heavy (non-hydrogen) atoms. The zero-order valence-electron chi connectivity index (χ0n) is 14.3. The van der Waals surface area contributed by atoms with Gasteiger partial charge < -0.3 is 10.1 Å². The van der Waals surface area contributed by atoms with Crippen molar-refractivity contribution in [2.24, 2.45) is 0 Å². The molecule has 0 bridgehead atoms. The normalized spacial score (nSPS) is 13.1. The van der Waals surface area contributed by atoms with Crippen molar-refractivity contribution in [3.05, 3.63) is 35.4 Å². The number of nitrogens with one attached hydrogen (secondary N) is 1. The van der Waals surface area contributed by atoms with Crippen molar-refractivity contribution < 1.29 is 22.7 Å². The lowest BCUT2D eigenvalue weighted by Crippen LogP contribution is -2.43. The molecule has 0 saturated carbocycles. The summed E-state index contributed by atoms with van der Waals surface area (Å²) in [7, 11) is 1.77. The average molecular weight is 346 g/mol. The molecule has 1 atom stereocenters. The van der Waals surface area contributed by atoms with E-state index >= 15 is 0 Å². The molecule has 1 N–H and O–H groups in total. The van der Waals surface area contributed by atoms with Gasteiger partial charge in [-0.25, -0.2) is 0 Å².